The molecule has 2 rings (SSSR count). The Labute approximate surface area is 110 Å². The van der Waals surface area contributed by atoms with Crippen LogP contribution in [0.1, 0.15) is 26.7 Å². The summed E-state index contributed by atoms with van der Waals surface area (Å²) in [5.41, 5.74) is 0. The predicted octanol–water partition coefficient (Wildman–Crippen LogP) is -0.000900. The smallest absolute Gasteiger partial charge is 0.311 e. The van der Waals surface area contributed by atoms with Gasteiger partial charge in [0, 0.05) is 13.0 Å². The van der Waals surface area contributed by atoms with Gasteiger partial charge >= 0.3 is 5.97 Å². The van der Waals surface area contributed by atoms with Gasteiger partial charge in [-0.15, -0.1) is 5.10 Å². The third-order valence-electron chi connectivity index (χ3n) is 2.85. The summed E-state index contributed by atoms with van der Waals surface area (Å²) in [5, 5.41) is 11.8. The van der Waals surface area contributed by atoms with E-state index >= 15 is 0 Å². The summed E-state index contributed by atoms with van der Waals surface area (Å²) in [5.74, 6) is -0.704. The number of hydrogen-bond donors (Lipinski definition) is 0. The standard InChI is InChI=1S/C11H17N5O3/c1-3-5-16-13-11(12-14-16)15-7-8(6-9(15)17)10(18)19-4-2/h8H,3-7H2,1-2H3/t8-/m0/s1. The minimum absolute atomic E-state index is 0.140. The molecule has 1 amide bonds. The van der Waals surface area contributed by atoms with Crippen molar-refractivity contribution in [1.29, 1.82) is 0 Å². The lowest BCUT2D eigenvalue weighted by molar-refractivity contribution is -0.147. The summed E-state index contributed by atoms with van der Waals surface area (Å²) >= 11 is 0. The SMILES string of the molecule is CCCn1nnc(N2C[C@@H](C(=O)OCC)CC2=O)n1. The molecule has 1 atom stereocenters. The minimum atomic E-state index is -0.439. The van der Waals surface area contributed by atoms with Crippen LogP contribution in [0.3, 0.4) is 0 Å². The summed E-state index contributed by atoms with van der Waals surface area (Å²) in [6.45, 7) is 4.96. The molecule has 1 aliphatic heterocycles. The predicted molar refractivity (Wildman–Crippen MR) is 65.2 cm³/mol. The molecule has 19 heavy (non-hydrogen) atoms. The summed E-state index contributed by atoms with van der Waals surface area (Å²) in [7, 11) is 0. The van der Waals surface area contributed by atoms with E-state index in [4.69, 9.17) is 4.74 Å². The molecular weight excluding hydrogens is 250 g/mol. The second-order valence-corrected chi connectivity index (χ2v) is 4.34. The number of nitrogens with zero attached hydrogens (tertiary/aromatic N) is 5. The number of amides is 1. The molecule has 1 fully saturated rings. The van der Waals surface area contributed by atoms with Gasteiger partial charge < -0.3 is 4.74 Å². The van der Waals surface area contributed by atoms with Crippen LogP contribution in [0.2, 0.25) is 0 Å². The van der Waals surface area contributed by atoms with Gasteiger partial charge in [0.1, 0.15) is 0 Å². The Morgan fingerprint density at radius 1 is 1.47 bits per heavy atom. The lowest BCUT2D eigenvalue weighted by Gasteiger charge is -2.10. The molecule has 8 nitrogen and oxygen atoms in total. The van der Waals surface area contributed by atoms with E-state index in [1.807, 2.05) is 6.92 Å². The van der Waals surface area contributed by atoms with Crippen molar-refractivity contribution in [3.63, 3.8) is 0 Å². The molecule has 104 valence electrons. The molecule has 0 N–H and O–H groups in total. The van der Waals surface area contributed by atoms with Crippen LogP contribution in [-0.2, 0) is 20.9 Å². The maximum absolute atomic E-state index is 11.9. The van der Waals surface area contributed by atoms with Crippen LogP contribution >= 0.6 is 0 Å². The van der Waals surface area contributed by atoms with E-state index < -0.39 is 5.92 Å². The topological polar surface area (TPSA) is 90.2 Å². The summed E-state index contributed by atoms with van der Waals surface area (Å²) in [6, 6.07) is 0. The Morgan fingerprint density at radius 2 is 2.26 bits per heavy atom. The van der Waals surface area contributed by atoms with E-state index in [0.717, 1.165) is 6.42 Å². The van der Waals surface area contributed by atoms with E-state index in [2.05, 4.69) is 15.4 Å². The molecule has 0 spiro atoms. The second-order valence-electron chi connectivity index (χ2n) is 4.34. The quantitative estimate of drug-likeness (QED) is 0.697. The maximum Gasteiger partial charge on any atom is 0.311 e. The first-order chi connectivity index (χ1) is 9.15. The third kappa shape index (κ3) is 2.88. The average molecular weight is 267 g/mol. The van der Waals surface area contributed by atoms with Crippen molar-refractivity contribution >= 4 is 17.8 Å². The highest BCUT2D eigenvalue weighted by Crippen LogP contribution is 2.22. The van der Waals surface area contributed by atoms with Crippen molar-refractivity contribution in [2.75, 3.05) is 18.1 Å². The molecule has 0 radical (unpaired) electrons. The number of aromatic nitrogens is 4. The van der Waals surface area contributed by atoms with Crippen molar-refractivity contribution in [3.05, 3.63) is 0 Å². The fourth-order valence-electron chi connectivity index (χ4n) is 1.96. The minimum Gasteiger partial charge on any atom is -0.466 e. The molecule has 0 aliphatic carbocycles. The molecule has 1 aromatic rings. The summed E-state index contributed by atoms with van der Waals surface area (Å²) in [4.78, 5) is 26.3. The highest BCUT2D eigenvalue weighted by molar-refractivity contribution is 5.98. The largest absolute Gasteiger partial charge is 0.466 e. The zero-order valence-electron chi connectivity index (χ0n) is 11.1. The number of carbonyl (C=O) groups is 2. The van der Waals surface area contributed by atoms with Gasteiger partial charge in [-0.1, -0.05) is 12.0 Å². The Hall–Kier alpha value is -1.99. The Morgan fingerprint density at radius 3 is 2.95 bits per heavy atom. The van der Waals surface area contributed by atoms with E-state index in [1.165, 1.54) is 9.70 Å². The Bertz CT molecular complexity index is 473. The van der Waals surface area contributed by atoms with Crippen molar-refractivity contribution in [1.82, 2.24) is 20.2 Å². The zero-order chi connectivity index (χ0) is 13.8. The third-order valence-corrected chi connectivity index (χ3v) is 2.85. The molecule has 0 aromatic carbocycles. The molecule has 8 heteroatoms. The molecular formula is C11H17N5O3. The van der Waals surface area contributed by atoms with Gasteiger partial charge in [0.2, 0.25) is 5.91 Å². The van der Waals surface area contributed by atoms with Crippen LogP contribution in [-0.4, -0.2) is 45.2 Å². The van der Waals surface area contributed by atoms with Gasteiger partial charge in [-0.05, 0) is 18.6 Å². The van der Waals surface area contributed by atoms with Gasteiger partial charge in [-0.2, -0.15) is 4.80 Å². The maximum atomic E-state index is 11.9. The van der Waals surface area contributed by atoms with Crippen molar-refractivity contribution < 1.29 is 14.3 Å². The van der Waals surface area contributed by atoms with Crippen molar-refractivity contribution in [3.8, 4) is 0 Å². The first kappa shape index (κ1) is 13.4. The molecule has 0 unspecified atom stereocenters. The van der Waals surface area contributed by atoms with Crippen LogP contribution in [0.15, 0.2) is 0 Å². The van der Waals surface area contributed by atoms with Crippen molar-refractivity contribution in [2.24, 2.45) is 5.92 Å². The van der Waals surface area contributed by atoms with E-state index in [9.17, 15) is 9.59 Å². The highest BCUT2D eigenvalue weighted by Gasteiger charge is 2.37. The number of aryl methyl sites for hydroxylation is 1. The van der Waals surface area contributed by atoms with Crippen LogP contribution in [0.25, 0.3) is 0 Å². The molecule has 1 aliphatic rings. The van der Waals surface area contributed by atoms with E-state index in [0.29, 0.717) is 13.2 Å². The highest BCUT2D eigenvalue weighted by atomic mass is 16.5. The number of carbonyl (C=O) groups excluding carboxylic acids is 2. The van der Waals surface area contributed by atoms with Crippen LogP contribution < -0.4 is 4.90 Å². The first-order valence-corrected chi connectivity index (χ1v) is 6.40. The van der Waals surface area contributed by atoms with Crippen LogP contribution in [0, 0.1) is 5.92 Å². The van der Waals surface area contributed by atoms with Crippen LogP contribution in [0.4, 0.5) is 5.95 Å². The number of rotatable bonds is 5. The number of esters is 1. The zero-order valence-corrected chi connectivity index (χ0v) is 11.1. The van der Waals surface area contributed by atoms with Crippen LogP contribution in [0.5, 0.6) is 0 Å². The monoisotopic (exact) mass is 267 g/mol. The molecule has 2 heterocycles. The van der Waals surface area contributed by atoms with E-state index in [1.54, 1.807) is 6.92 Å². The Balaban J connectivity index is 2.04. The van der Waals surface area contributed by atoms with Gasteiger partial charge in [-0.25, -0.2) is 0 Å². The average Bonchev–Trinajstić information content (AvgIpc) is 2.96. The lowest BCUT2D eigenvalue weighted by Crippen LogP contribution is -2.27. The van der Waals surface area contributed by atoms with E-state index in [-0.39, 0.29) is 30.8 Å². The van der Waals surface area contributed by atoms with Gasteiger partial charge in [0.05, 0.1) is 19.1 Å². The fraction of sp³-hybridized carbons (Fsp3) is 0.727. The lowest BCUT2D eigenvalue weighted by atomic mass is 10.1. The molecule has 0 saturated carbocycles. The summed E-state index contributed by atoms with van der Waals surface area (Å²) < 4.78 is 4.92. The Kier molecular flexibility index (Phi) is 4.08. The number of hydrogen-bond acceptors (Lipinski definition) is 6. The second kappa shape index (κ2) is 5.77. The van der Waals surface area contributed by atoms with Gasteiger partial charge in [0.15, 0.2) is 0 Å². The molecule has 1 saturated heterocycles. The number of tetrazole rings is 1. The molecule has 1 aromatic heterocycles. The number of ether oxygens (including phenoxy) is 1. The fourth-order valence-corrected chi connectivity index (χ4v) is 1.96. The van der Waals surface area contributed by atoms with Gasteiger partial charge in [0.25, 0.3) is 5.95 Å². The van der Waals surface area contributed by atoms with Crippen molar-refractivity contribution in [2.45, 2.75) is 33.2 Å². The summed E-state index contributed by atoms with van der Waals surface area (Å²) in [6.07, 6.45) is 1.02. The van der Waals surface area contributed by atoms with Gasteiger partial charge in [-0.3, -0.25) is 14.5 Å². The number of anilines is 1. The molecule has 0 bridgehead atoms. The first-order valence-electron chi connectivity index (χ1n) is 6.40. The normalized spacial score (nSPS) is 18.9.